The minimum Gasteiger partial charge on any atom is -0.385 e. The average Bonchev–Trinajstić information content (AvgIpc) is 2.46. The third-order valence-electron chi connectivity index (χ3n) is 3.10. The minimum atomic E-state index is -3.71. The van der Waals surface area contributed by atoms with Gasteiger partial charge < -0.3 is 15.4 Å². The quantitative estimate of drug-likeness (QED) is 0.785. The number of nitrogens with one attached hydrogen (secondary N) is 2. The molecule has 0 saturated carbocycles. The largest absolute Gasteiger partial charge is 0.385 e. The Labute approximate surface area is 135 Å². The van der Waals surface area contributed by atoms with Crippen LogP contribution in [0, 0.1) is 5.82 Å². The van der Waals surface area contributed by atoms with Crippen molar-refractivity contribution in [1.29, 1.82) is 0 Å². The van der Waals surface area contributed by atoms with Crippen LogP contribution in [0.15, 0.2) is 23.1 Å². The maximum absolute atomic E-state index is 13.8. The van der Waals surface area contributed by atoms with E-state index in [1.807, 2.05) is 0 Å². The second-order valence-corrected chi connectivity index (χ2v) is 7.36. The fourth-order valence-corrected chi connectivity index (χ4v) is 2.65. The fourth-order valence-electron chi connectivity index (χ4n) is 1.72. The van der Waals surface area contributed by atoms with E-state index in [0.29, 0.717) is 13.0 Å². The van der Waals surface area contributed by atoms with E-state index in [0.717, 1.165) is 22.5 Å². The molecule has 1 rings (SSSR count). The topological polar surface area (TPSA) is 87.7 Å². The first-order chi connectivity index (χ1) is 10.7. The molecule has 23 heavy (non-hydrogen) atoms. The maximum Gasteiger partial charge on any atom is 0.319 e. The molecule has 1 aromatic rings. The van der Waals surface area contributed by atoms with E-state index >= 15 is 0 Å². The van der Waals surface area contributed by atoms with Gasteiger partial charge in [-0.1, -0.05) is 0 Å². The van der Waals surface area contributed by atoms with E-state index in [2.05, 4.69) is 10.6 Å². The van der Waals surface area contributed by atoms with Crippen LogP contribution >= 0.6 is 0 Å². The van der Waals surface area contributed by atoms with Crippen molar-refractivity contribution < 1.29 is 22.3 Å². The Morgan fingerprint density at radius 3 is 2.61 bits per heavy atom. The molecule has 0 aromatic heterocycles. The van der Waals surface area contributed by atoms with Crippen LogP contribution in [-0.4, -0.2) is 52.6 Å². The number of nitrogens with zero attached hydrogens (tertiary/aromatic N) is 1. The van der Waals surface area contributed by atoms with Crippen LogP contribution in [0.4, 0.5) is 14.9 Å². The predicted octanol–water partition coefficient (Wildman–Crippen LogP) is 1.62. The highest BCUT2D eigenvalue weighted by atomic mass is 32.2. The lowest BCUT2D eigenvalue weighted by atomic mass is 10.2. The number of sulfonamides is 1. The fraction of sp³-hybridized carbons (Fsp3) is 0.500. The van der Waals surface area contributed by atoms with E-state index in [9.17, 15) is 17.6 Å². The van der Waals surface area contributed by atoms with Gasteiger partial charge in [-0.25, -0.2) is 21.9 Å². The highest BCUT2D eigenvalue weighted by Crippen LogP contribution is 2.21. The molecule has 0 aliphatic heterocycles. The summed E-state index contributed by atoms with van der Waals surface area (Å²) in [5.41, 5.74) is -0.204. The lowest BCUT2D eigenvalue weighted by molar-refractivity contribution is 0.185. The number of halogens is 1. The Hall–Kier alpha value is -1.71. The van der Waals surface area contributed by atoms with Gasteiger partial charge in [0.25, 0.3) is 0 Å². The van der Waals surface area contributed by atoms with Gasteiger partial charge in [0.05, 0.1) is 10.6 Å². The Morgan fingerprint density at radius 2 is 2.04 bits per heavy atom. The molecule has 7 nitrogen and oxygen atoms in total. The lowest BCUT2D eigenvalue weighted by Gasteiger charge is -2.16. The average molecular weight is 347 g/mol. The number of amides is 2. The lowest BCUT2D eigenvalue weighted by Crippen LogP contribution is -2.37. The zero-order chi connectivity index (χ0) is 17.6. The van der Waals surface area contributed by atoms with Crippen molar-refractivity contribution in [2.24, 2.45) is 0 Å². The standard InChI is InChI=1S/C14H22FN3O4S/c1-10(7-8-22-4)16-14(19)17-13-9-11(5-6-12(13)15)23(20,21)18(2)3/h5-6,9-10H,7-8H2,1-4H3,(H2,16,17,19)/t10-/m1/s1. The van der Waals surface area contributed by atoms with Crippen LogP contribution in [0.2, 0.25) is 0 Å². The van der Waals surface area contributed by atoms with Gasteiger partial charge in [0.2, 0.25) is 10.0 Å². The zero-order valence-corrected chi connectivity index (χ0v) is 14.4. The van der Waals surface area contributed by atoms with Crippen LogP contribution in [0.3, 0.4) is 0 Å². The molecule has 0 aliphatic rings. The number of benzene rings is 1. The van der Waals surface area contributed by atoms with E-state index < -0.39 is 21.9 Å². The van der Waals surface area contributed by atoms with Crippen molar-refractivity contribution in [2.45, 2.75) is 24.3 Å². The van der Waals surface area contributed by atoms with Gasteiger partial charge >= 0.3 is 6.03 Å². The molecule has 2 N–H and O–H groups in total. The Kier molecular flexibility index (Phi) is 6.92. The van der Waals surface area contributed by atoms with Crippen molar-refractivity contribution >= 4 is 21.7 Å². The van der Waals surface area contributed by atoms with Gasteiger partial charge in [-0.2, -0.15) is 0 Å². The summed E-state index contributed by atoms with van der Waals surface area (Å²) in [6, 6.07) is 2.44. The third kappa shape index (κ3) is 5.45. The van der Waals surface area contributed by atoms with Crippen molar-refractivity contribution in [3.63, 3.8) is 0 Å². The molecule has 0 spiro atoms. The Balaban J connectivity index is 2.86. The van der Waals surface area contributed by atoms with Crippen LogP contribution in [0.25, 0.3) is 0 Å². The van der Waals surface area contributed by atoms with Gasteiger partial charge in [-0.05, 0) is 31.5 Å². The van der Waals surface area contributed by atoms with Crippen molar-refractivity contribution in [2.75, 3.05) is 33.1 Å². The van der Waals surface area contributed by atoms with E-state index in [1.165, 1.54) is 14.1 Å². The van der Waals surface area contributed by atoms with Crippen molar-refractivity contribution in [1.82, 2.24) is 9.62 Å². The van der Waals surface area contributed by atoms with Crippen LogP contribution in [0.1, 0.15) is 13.3 Å². The number of anilines is 1. The molecule has 9 heteroatoms. The molecule has 0 fully saturated rings. The molecule has 0 radical (unpaired) electrons. The summed E-state index contributed by atoms with van der Waals surface area (Å²) in [6.45, 7) is 2.26. The first kappa shape index (κ1) is 19.3. The second kappa shape index (κ2) is 8.23. The van der Waals surface area contributed by atoms with Gasteiger partial charge in [-0.15, -0.1) is 0 Å². The zero-order valence-electron chi connectivity index (χ0n) is 13.6. The van der Waals surface area contributed by atoms with Crippen molar-refractivity contribution in [3.8, 4) is 0 Å². The van der Waals surface area contributed by atoms with E-state index in [4.69, 9.17) is 4.74 Å². The number of urea groups is 1. The number of carbonyl (C=O) groups is 1. The molecule has 0 unspecified atom stereocenters. The summed E-state index contributed by atoms with van der Waals surface area (Å²) in [5.74, 6) is -0.720. The minimum absolute atomic E-state index is 0.105. The molecule has 2 amide bonds. The highest BCUT2D eigenvalue weighted by Gasteiger charge is 2.19. The molecule has 0 aliphatic carbocycles. The molecule has 0 bridgehead atoms. The first-order valence-corrected chi connectivity index (χ1v) is 8.41. The molecular formula is C14H22FN3O4S. The summed E-state index contributed by atoms with van der Waals surface area (Å²) in [4.78, 5) is 11.7. The first-order valence-electron chi connectivity index (χ1n) is 6.97. The summed E-state index contributed by atoms with van der Waals surface area (Å²) in [6.07, 6.45) is 0.599. The smallest absolute Gasteiger partial charge is 0.319 e. The van der Waals surface area contributed by atoms with E-state index in [1.54, 1.807) is 14.0 Å². The second-order valence-electron chi connectivity index (χ2n) is 5.21. The van der Waals surface area contributed by atoms with Crippen LogP contribution in [0.5, 0.6) is 0 Å². The number of hydrogen-bond donors (Lipinski definition) is 2. The van der Waals surface area contributed by atoms with Crippen LogP contribution in [-0.2, 0) is 14.8 Å². The maximum atomic E-state index is 13.8. The van der Waals surface area contributed by atoms with Crippen molar-refractivity contribution in [3.05, 3.63) is 24.0 Å². The van der Waals surface area contributed by atoms with E-state index in [-0.39, 0.29) is 16.6 Å². The SMILES string of the molecule is COCC[C@@H](C)NC(=O)Nc1cc(S(=O)(=O)N(C)C)ccc1F. The summed E-state index contributed by atoms with van der Waals surface area (Å²) < 4.78 is 43.8. The highest BCUT2D eigenvalue weighted by molar-refractivity contribution is 7.89. The molecule has 1 atom stereocenters. The van der Waals surface area contributed by atoms with Gasteiger partial charge in [0.15, 0.2) is 0 Å². The number of rotatable bonds is 7. The summed E-state index contributed by atoms with van der Waals surface area (Å²) in [5, 5.41) is 4.93. The third-order valence-corrected chi connectivity index (χ3v) is 4.91. The Bertz CT molecular complexity index is 649. The van der Waals surface area contributed by atoms with Gasteiger partial charge in [-0.3, -0.25) is 0 Å². The number of carbonyl (C=O) groups excluding carboxylic acids is 1. The molecule has 1 aromatic carbocycles. The molecular weight excluding hydrogens is 325 g/mol. The number of ether oxygens (including phenoxy) is 1. The monoisotopic (exact) mass is 347 g/mol. The van der Waals surface area contributed by atoms with Gasteiger partial charge in [0, 0.05) is 33.9 Å². The molecule has 0 heterocycles. The number of hydrogen-bond acceptors (Lipinski definition) is 4. The predicted molar refractivity (Wildman–Crippen MR) is 85.4 cm³/mol. The van der Waals surface area contributed by atoms with Crippen LogP contribution < -0.4 is 10.6 Å². The summed E-state index contributed by atoms with van der Waals surface area (Å²) >= 11 is 0. The molecule has 130 valence electrons. The van der Waals surface area contributed by atoms with Gasteiger partial charge in [0.1, 0.15) is 5.82 Å². The Morgan fingerprint density at radius 1 is 1.39 bits per heavy atom. The number of methoxy groups -OCH3 is 1. The summed E-state index contributed by atoms with van der Waals surface area (Å²) in [7, 11) is 0.588. The normalized spacial score (nSPS) is 13.0. The molecule has 0 saturated heterocycles.